The van der Waals surface area contributed by atoms with Crippen LogP contribution in [0.1, 0.15) is 58.8 Å². The summed E-state index contributed by atoms with van der Waals surface area (Å²) in [7, 11) is 0. The summed E-state index contributed by atoms with van der Waals surface area (Å²) in [5.41, 5.74) is 11.6. The molecule has 29 heavy (non-hydrogen) atoms. The Kier molecular flexibility index (Phi) is 4.12. The number of nitrogens with zero attached hydrogens (tertiary/aromatic N) is 2. The lowest BCUT2D eigenvalue weighted by Gasteiger charge is -2.62. The first-order valence-electron chi connectivity index (χ1n) is 11.1. The number of nitrogens with two attached hydrogens (primary N) is 2. The lowest BCUT2D eigenvalue weighted by atomic mass is 9.46. The molecule has 0 aromatic rings. The molecule has 6 fully saturated rings. The number of hydrogen-bond donors (Lipinski definition) is 2. The number of carbonyl (C=O) groups is 2. The average Bonchev–Trinajstić information content (AvgIpc) is 3.10. The van der Waals surface area contributed by atoms with Gasteiger partial charge in [-0.15, -0.1) is 0 Å². The summed E-state index contributed by atoms with van der Waals surface area (Å²) in [5, 5.41) is 9.56. The minimum absolute atomic E-state index is 0.0657. The number of fused-ring (bicyclic) bond motifs is 1. The highest BCUT2D eigenvalue weighted by atomic mass is 16.6. The first kappa shape index (κ1) is 19.3. The Balaban J connectivity index is 1.41. The van der Waals surface area contributed by atoms with E-state index < -0.39 is 17.7 Å². The molecule has 0 aromatic heterocycles. The van der Waals surface area contributed by atoms with Gasteiger partial charge in [0.1, 0.15) is 17.7 Å². The van der Waals surface area contributed by atoms with Gasteiger partial charge in [-0.05, 0) is 81.0 Å². The Morgan fingerprint density at radius 3 is 2.41 bits per heavy atom. The molecule has 0 aromatic carbocycles. The number of ether oxygens (including phenoxy) is 1. The van der Waals surface area contributed by atoms with E-state index >= 15 is 0 Å². The first-order valence-corrected chi connectivity index (χ1v) is 11.1. The molecule has 5 saturated carbocycles. The largest absolute Gasteiger partial charge is 0.458 e. The van der Waals surface area contributed by atoms with Gasteiger partial charge in [0.2, 0.25) is 5.91 Å². The normalized spacial score (nSPS) is 48.6. The number of nitriles is 1. The van der Waals surface area contributed by atoms with Crippen molar-refractivity contribution in [3.8, 4) is 6.07 Å². The zero-order valence-corrected chi connectivity index (χ0v) is 17.3. The van der Waals surface area contributed by atoms with Gasteiger partial charge in [-0.25, -0.2) is 0 Å². The zero-order valence-electron chi connectivity index (χ0n) is 17.3. The van der Waals surface area contributed by atoms with Gasteiger partial charge in [-0.3, -0.25) is 9.59 Å². The Bertz CT molecular complexity index is 775. The maximum atomic E-state index is 13.6. The smallest absolute Gasteiger partial charge is 0.323 e. The van der Waals surface area contributed by atoms with E-state index in [2.05, 4.69) is 13.0 Å². The molecular formula is C22H32N4O3. The van der Waals surface area contributed by atoms with E-state index in [0.717, 1.165) is 38.5 Å². The van der Waals surface area contributed by atoms with Gasteiger partial charge in [-0.1, -0.05) is 6.92 Å². The predicted octanol–water partition coefficient (Wildman–Crippen LogP) is 1.30. The summed E-state index contributed by atoms with van der Waals surface area (Å²) < 4.78 is 5.98. The van der Waals surface area contributed by atoms with E-state index in [0.29, 0.717) is 30.1 Å². The van der Waals surface area contributed by atoms with Gasteiger partial charge in [0.15, 0.2) is 0 Å². The molecule has 6 aliphatic rings. The van der Waals surface area contributed by atoms with E-state index in [1.165, 1.54) is 0 Å². The Morgan fingerprint density at radius 2 is 1.83 bits per heavy atom. The molecule has 0 radical (unpaired) electrons. The highest BCUT2D eigenvalue weighted by molar-refractivity contribution is 5.84. The van der Waals surface area contributed by atoms with Crippen molar-refractivity contribution in [3.63, 3.8) is 0 Å². The monoisotopic (exact) mass is 400 g/mol. The van der Waals surface area contributed by atoms with Gasteiger partial charge < -0.3 is 21.1 Å². The van der Waals surface area contributed by atoms with Crippen molar-refractivity contribution < 1.29 is 14.3 Å². The Labute approximate surface area is 172 Å². The van der Waals surface area contributed by atoms with E-state index in [1.807, 2.05) is 0 Å². The fourth-order valence-corrected chi connectivity index (χ4v) is 7.79. The third kappa shape index (κ3) is 2.75. The topological polar surface area (TPSA) is 122 Å². The van der Waals surface area contributed by atoms with Crippen LogP contribution in [0.4, 0.5) is 0 Å². The number of amides is 1. The summed E-state index contributed by atoms with van der Waals surface area (Å²) in [6.07, 6.45) is 6.10. The van der Waals surface area contributed by atoms with Crippen molar-refractivity contribution in [3.05, 3.63) is 0 Å². The molecule has 7 heteroatoms. The van der Waals surface area contributed by atoms with E-state index in [4.69, 9.17) is 16.2 Å². The van der Waals surface area contributed by atoms with Gasteiger partial charge >= 0.3 is 5.97 Å². The van der Waals surface area contributed by atoms with Crippen LogP contribution in [0.15, 0.2) is 0 Å². The minimum atomic E-state index is -0.650. The SMILES string of the molecule is C[C@H]1[C@H]2C[C@@H](C#N)N(C(=O)[C@@H](N)C34CC5CC(CC(OC(=O)[C@H](C)N)(C5)C3)C4)[C@@H]12. The van der Waals surface area contributed by atoms with Crippen LogP contribution in [0.5, 0.6) is 0 Å². The third-order valence-corrected chi connectivity index (χ3v) is 8.74. The Hall–Kier alpha value is -1.65. The average molecular weight is 401 g/mol. The van der Waals surface area contributed by atoms with Crippen LogP contribution < -0.4 is 11.5 Å². The van der Waals surface area contributed by atoms with Crippen molar-refractivity contribution >= 4 is 11.9 Å². The van der Waals surface area contributed by atoms with Crippen LogP contribution in [0.3, 0.4) is 0 Å². The number of carbonyl (C=O) groups excluding carboxylic acids is 2. The molecule has 1 saturated heterocycles. The summed E-state index contributed by atoms with van der Waals surface area (Å²) >= 11 is 0. The lowest BCUT2D eigenvalue weighted by Crippen LogP contribution is -2.66. The molecule has 4 N–H and O–H groups in total. The molecular weight excluding hydrogens is 368 g/mol. The number of hydrogen-bond acceptors (Lipinski definition) is 6. The van der Waals surface area contributed by atoms with E-state index in [1.54, 1.807) is 11.8 Å². The van der Waals surface area contributed by atoms with Crippen LogP contribution >= 0.6 is 0 Å². The molecule has 5 aliphatic carbocycles. The molecule has 7 nitrogen and oxygen atoms in total. The number of esters is 1. The van der Waals surface area contributed by atoms with Crippen LogP contribution in [0.25, 0.3) is 0 Å². The molecule has 1 heterocycles. The summed E-state index contributed by atoms with van der Waals surface area (Å²) in [4.78, 5) is 27.7. The molecule has 8 atom stereocenters. The van der Waals surface area contributed by atoms with Crippen molar-refractivity contribution in [1.82, 2.24) is 4.90 Å². The lowest BCUT2D eigenvalue weighted by molar-refractivity contribution is -0.206. The fourth-order valence-electron chi connectivity index (χ4n) is 7.79. The second-order valence-corrected chi connectivity index (χ2v) is 10.8. The van der Waals surface area contributed by atoms with Crippen LogP contribution in [0, 0.1) is 40.4 Å². The quantitative estimate of drug-likeness (QED) is 0.686. The summed E-state index contributed by atoms with van der Waals surface area (Å²) in [6.45, 7) is 3.80. The zero-order chi connectivity index (χ0) is 20.7. The fraction of sp³-hybridized carbons (Fsp3) is 0.864. The highest BCUT2D eigenvalue weighted by Gasteiger charge is 2.65. The van der Waals surface area contributed by atoms with Crippen molar-refractivity contribution in [2.24, 2.45) is 40.6 Å². The van der Waals surface area contributed by atoms with Gasteiger partial charge in [0.05, 0.1) is 12.1 Å². The van der Waals surface area contributed by atoms with Crippen molar-refractivity contribution in [1.29, 1.82) is 5.26 Å². The molecule has 0 spiro atoms. The molecule has 1 amide bonds. The maximum Gasteiger partial charge on any atom is 0.323 e. The van der Waals surface area contributed by atoms with Gasteiger partial charge in [0.25, 0.3) is 0 Å². The minimum Gasteiger partial charge on any atom is -0.458 e. The van der Waals surface area contributed by atoms with Crippen LogP contribution in [-0.4, -0.2) is 46.5 Å². The van der Waals surface area contributed by atoms with Crippen LogP contribution in [0.2, 0.25) is 0 Å². The number of rotatable bonds is 4. The maximum absolute atomic E-state index is 13.6. The Morgan fingerprint density at radius 1 is 1.17 bits per heavy atom. The van der Waals surface area contributed by atoms with E-state index in [-0.39, 0.29) is 29.4 Å². The molecule has 4 bridgehead atoms. The second-order valence-electron chi connectivity index (χ2n) is 10.8. The third-order valence-electron chi connectivity index (χ3n) is 8.74. The summed E-state index contributed by atoms with van der Waals surface area (Å²) in [5.74, 6) is 1.36. The van der Waals surface area contributed by atoms with Gasteiger partial charge in [0, 0.05) is 6.04 Å². The first-order chi connectivity index (χ1) is 13.7. The second kappa shape index (κ2) is 6.18. The number of likely N-dealkylation sites (tertiary alicyclic amines) is 1. The van der Waals surface area contributed by atoms with E-state index in [9.17, 15) is 14.9 Å². The molecule has 2 unspecified atom stereocenters. The molecule has 158 valence electrons. The van der Waals surface area contributed by atoms with Crippen molar-refractivity contribution in [2.45, 2.75) is 88.6 Å². The molecule has 1 aliphatic heterocycles. The molecule has 6 rings (SSSR count). The summed E-state index contributed by atoms with van der Waals surface area (Å²) in [6, 6.07) is 0.862. The number of piperidine rings is 1. The predicted molar refractivity (Wildman–Crippen MR) is 105 cm³/mol. The standard InChI is InChI=1S/C22H32N4O3/c1-11-16-4-15(9-23)26(17(11)16)19(27)18(25)21-5-13-3-14(6-21)8-22(7-13,10-21)29-20(28)12(2)24/h11-18H,3-8,10,24-25H2,1-2H3/t11-,12-,13?,14?,15-,16+,17-,18+,21?,22?/m0/s1. The van der Waals surface area contributed by atoms with Crippen molar-refractivity contribution in [2.75, 3.05) is 0 Å². The van der Waals surface area contributed by atoms with Crippen LogP contribution in [-0.2, 0) is 14.3 Å². The highest BCUT2D eigenvalue weighted by Crippen LogP contribution is 2.64. The van der Waals surface area contributed by atoms with Gasteiger partial charge in [-0.2, -0.15) is 5.26 Å².